The smallest absolute Gasteiger partial charge is 0.308 e. The van der Waals surface area contributed by atoms with Crippen molar-refractivity contribution < 1.29 is 19.4 Å². The number of benzene rings is 2. The van der Waals surface area contributed by atoms with E-state index < -0.39 is 5.97 Å². The third-order valence-electron chi connectivity index (χ3n) is 8.78. The summed E-state index contributed by atoms with van der Waals surface area (Å²) >= 11 is 0. The molecule has 0 bridgehead atoms. The number of aryl methyl sites for hydroxylation is 1. The molecule has 4 heterocycles. The van der Waals surface area contributed by atoms with E-state index in [2.05, 4.69) is 47.1 Å². The maximum atomic E-state index is 11.4. The Balaban J connectivity index is 1.16. The fraction of sp³-hybridized carbons (Fsp3) is 0.455. The van der Waals surface area contributed by atoms with Crippen LogP contribution in [0.5, 0.6) is 5.75 Å². The molecule has 2 fully saturated rings. The third kappa shape index (κ3) is 5.86. The minimum Gasteiger partial charge on any atom is -0.488 e. The van der Waals surface area contributed by atoms with Gasteiger partial charge in [-0.1, -0.05) is 36.4 Å². The zero-order valence-corrected chi connectivity index (χ0v) is 23.3. The van der Waals surface area contributed by atoms with E-state index >= 15 is 0 Å². The summed E-state index contributed by atoms with van der Waals surface area (Å²) in [6.45, 7) is 7.78. The second-order valence-electron chi connectivity index (χ2n) is 11.4. The molecular formula is C33H39N3O4. The van der Waals surface area contributed by atoms with Crippen molar-refractivity contribution in [3.05, 3.63) is 76.9 Å². The first-order valence-corrected chi connectivity index (χ1v) is 14.7. The van der Waals surface area contributed by atoms with Crippen LogP contribution in [0.25, 0.3) is 11.3 Å². The van der Waals surface area contributed by atoms with Gasteiger partial charge in [0.25, 0.3) is 0 Å². The quantitative estimate of drug-likeness (QED) is 0.445. The Morgan fingerprint density at radius 1 is 1.00 bits per heavy atom. The van der Waals surface area contributed by atoms with Crippen molar-refractivity contribution in [2.45, 2.75) is 51.7 Å². The van der Waals surface area contributed by atoms with Gasteiger partial charge in [-0.3, -0.25) is 9.69 Å². The SMILES string of the molecule is Cc1cccc(-c2cccc(N3CCC(C(=O)O)C3)n2)c1OCc1ccc2c(c1)CCN(C1CCOCC1)CC2. The second-order valence-corrected chi connectivity index (χ2v) is 11.4. The van der Waals surface area contributed by atoms with E-state index in [1.807, 2.05) is 24.3 Å². The number of para-hydroxylation sites is 1. The van der Waals surface area contributed by atoms with E-state index in [1.54, 1.807) is 0 Å². The van der Waals surface area contributed by atoms with Gasteiger partial charge in [-0.2, -0.15) is 0 Å². The van der Waals surface area contributed by atoms with Crippen LogP contribution >= 0.6 is 0 Å². The standard InChI is InChI=1S/C33H39N3O4/c1-23-4-2-5-29(30-6-3-7-31(34-30)36-17-12-27(21-36)33(37)38)32(23)40-22-24-8-9-25-10-15-35(16-11-26(25)20-24)28-13-18-39-19-14-28/h2-9,20,27-28H,10-19,21-22H2,1H3,(H,37,38). The molecule has 6 rings (SSSR count). The van der Waals surface area contributed by atoms with Crippen LogP contribution in [0.2, 0.25) is 0 Å². The van der Waals surface area contributed by atoms with Crippen LogP contribution in [0.15, 0.2) is 54.6 Å². The molecule has 0 saturated carbocycles. The summed E-state index contributed by atoms with van der Waals surface area (Å²) < 4.78 is 12.1. The number of pyridine rings is 1. The molecule has 0 radical (unpaired) electrons. The van der Waals surface area contributed by atoms with Crippen LogP contribution in [0.4, 0.5) is 5.82 Å². The maximum absolute atomic E-state index is 11.4. The van der Waals surface area contributed by atoms with Gasteiger partial charge in [0.05, 0.1) is 11.6 Å². The second kappa shape index (κ2) is 12.0. The number of aliphatic carboxylic acids is 1. The largest absolute Gasteiger partial charge is 0.488 e. The van der Waals surface area contributed by atoms with Gasteiger partial charge in [0.15, 0.2) is 0 Å². The van der Waals surface area contributed by atoms with Gasteiger partial charge in [0, 0.05) is 51.0 Å². The van der Waals surface area contributed by atoms with Crippen molar-refractivity contribution in [3.8, 4) is 17.0 Å². The Morgan fingerprint density at radius 2 is 1.80 bits per heavy atom. The van der Waals surface area contributed by atoms with Gasteiger partial charge in [0.2, 0.25) is 0 Å². The number of rotatable bonds is 7. The van der Waals surface area contributed by atoms with E-state index in [0.29, 0.717) is 32.2 Å². The highest BCUT2D eigenvalue weighted by atomic mass is 16.5. The number of nitrogens with zero attached hydrogens (tertiary/aromatic N) is 3. The Labute approximate surface area is 236 Å². The molecule has 7 heteroatoms. The summed E-state index contributed by atoms with van der Waals surface area (Å²) in [7, 11) is 0. The summed E-state index contributed by atoms with van der Waals surface area (Å²) in [4.78, 5) is 21.1. The summed E-state index contributed by atoms with van der Waals surface area (Å²) in [6.07, 6.45) is 5.11. The van der Waals surface area contributed by atoms with Crippen molar-refractivity contribution in [2.75, 3.05) is 44.3 Å². The predicted molar refractivity (Wildman–Crippen MR) is 156 cm³/mol. The lowest BCUT2D eigenvalue weighted by molar-refractivity contribution is -0.140. The minimum absolute atomic E-state index is 0.339. The number of fused-ring (bicyclic) bond motifs is 1. The first kappa shape index (κ1) is 26.8. The minimum atomic E-state index is -0.734. The Hall–Kier alpha value is -3.42. The third-order valence-corrected chi connectivity index (χ3v) is 8.78. The van der Waals surface area contributed by atoms with Gasteiger partial charge < -0.3 is 19.5 Å². The van der Waals surface area contributed by atoms with Crippen molar-refractivity contribution in [1.82, 2.24) is 9.88 Å². The van der Waals surface area contributed by atoms with E-state index in [1.165, 1.54) is 16.7 Å². The molecule has 1 aromatic heterocycles. The molecule has 1 atom stereocenters. The number of hydrogen-bond donors (Lipinski definition) is 1. The molecule has 3 aliphatic heterocycles. The number of hydrogen-bond acceptors (Lipinski definition) is 6. The molecule has 0 spiro atoms. The highest BCUT2D eigenvalue weighted by molar-refractivity contribution is 5.73. The monoisotopic (exact) mass is 541 g/mol. The molecule has 0 aliphatic carbocycles. The van der Waals surface area contributed by atoms with E-state index in [0.717, 1.165) is 80.4 Å². The molecule has 2 saturated heterocycles. The molecule has 0 amide bonds. The molecule has 1 unspecified atom stereocenters. The molecule has 3 aromatic rings. The number of carboxylic acid groups (broad SMARTS) is 1. The lowest BCUT2D eigenvalue weighted by Gasteiger charge is -2.33. The summed E-state index contributed by atoms with van der Waals surface area (Å²) in [5.74, 6) is 0.587. The van der Waals surface area contributed by atoms with Gasteiger partial charge in [-0.25, -0.2) is 4.98 Å². The predicted octanol–water partition coefficient (Wildman–Crippen LogP) is 5.13. The zero-order valence-electron chi connectivity index (χ0n) is 23.3. The average molecular weight is 542 g/mol. The summed E-state index contributed by atoms with van der Waals surface area (Å²) in [5, 5.41) is 9.41. The fourth-order valence-corrected chi connectivity index (χ4v) is 6.42. The molecule has 40 heavy (non-hydrogen) atoms. The van der Waals surface area contributed by atoms with Crippen LogP contribution in [0, 0.1) is 12.8 Å². The number of carboxylic acids is 1. The highest BCUT2D eigenvalue weighted by Gasteiger charge is 2.29. The van der Waals surface area contributed by atoms with Crippen molar-refractivity contribution in [3.63, 3.8) is 0 Å². The van der Waals surface area contributed by atoms with Gasteiger partial charge >= 0.3 is 5.97 Å². The van der Waals surface area contributed by atoms with Crippen LogP contribution in [0.3, 0.4) is 0 Å². The summed E-state index contributed by atoms with van der Waals surface area (Å²) in [5.41, 5.74) is 6.95. The normalized spacial score (nSPS) is 20.2. The molecule has 3 aliphatic rings. The lowest BCUT2D eigenvalue weighted by atomic mass is 10.0. The van der Waals surface area contributed by atoms with Crippen molar-refractivity contribution in [1.29, 1.82) is 0 Å². The average Bonchev–Trinajstić information content (AvgIpc) is 3.39. The van der Waals surface area contributed by atoms with Crippen molar-refractivity contribution >= 4 is 11.8 Å². The highest BCUT2D eigenvalue weighted by Crippen LogP contribution is 2.34. The van der Waals surface area contributed by atoms with Crippen LogP contribution in [-0.4, -0.2) is 66.4 Å². The van der Waals surface area contributed by atoms with Crippen molar-refractivity contribution in [2.24, 2.45) is 5.92 Å². The van der Waals surface area contributed by atoms with Crippen LogP contribution < -0.4 is 9.64 Å². The molecule has 2 aromatic carbocycles. The van der Waals surface area contributed by atoms with Crippen LogP contribution in [-0.2, 0) is 29.0 Å². The van der Waals surface area contributed by atoms with Gasteiger partial charge in [-0.05, 0) is 79.5 Å². The molecule has 7 nitrogen and oxygen atoms in total. The molecular weight excluding hydrogens is 502 g/mol. The number of anilines is 1. The Bertz CT molecular complexity index is 1350. The Morgan fingerprint density at radius 3 is 2.60 bits per heavy atom. The first-order chi connectivity index (χ1) is 19.5. The number of aromatic nitrogens is 1. The topological polar surface area (TPSA) is 75.1 Å². The lowest BCUT2D eigenvalue weighted by Crippen LogP contribution is -2.40. The number of carbonyl (C=O) groups is 1. The Kier molecular flexibility index (Phi) is 8.03. The van der Waals surface area contributed by atoms with Crippen LogP contribution in [0.1, 0.15) is 41.5 Å². The van der Waals surface area contributed by atoms with Gasteiger partial charge in [-0.15, -0.1) is 0 Å². The maximum Gasteiger partial charge on any atom is 0.308 e. The van der Waals surface area contributed by atoms with E-state index in [-0.39, 0.29) is 5.92 Å². The summed E-state index contributed by atoms with van der Waals surface area (Å²) in [6, 6.07) is 19.6. The van der Waals surface area contributed by atoms with E-state index in [9.17, 15) is 9.90 Å². The zero-order chi connectivity index (χ0) is 27.5. The van der Waals surface area contributed by atoms with E-state index in [4.69, 9.17) is 14.5 Å². The molecule has 210 valence electrons. The fourth-order valence-electron chi connectivity index (χ4n) is 6.42. The first-order valence-electron chi connectivity index (χ1n) is 14.7. The number of ether oxygens (including phenoxy) is 2. The van der Waals surface area contributed by atoms with Gasteiger partial charge in [0.1, 0.15) is 18.2 Å². The molecule has 1 N–H and O–H groups in total.